The second-order valence-electron chi connectivity index (χ2n) is 6.71. The third-order valence-electron chi connectivity index (χ3n) is 4.85. The molecule has 0 atom stereocenters. The first kappa shape index (κ1) is 18.2. The van der Waals surface area contributed by atoms with Gasteiger partial charge in [0.05, 0.1) is 21.5 Å². The largest absolute Gasteiger partial charge is 0.337 e. The molecule has 0 amide bonds. The SMILES string of the molecule is Cc1cc(/C=C(\C#N)c2nc3ccccc3[nH]2)c(C)n1-c1ccc([N+](=O)[O-])cc1. The minimum Gasteiger partial charge on any atom is -0.337 e. The molecule has 0 aliphatic heterocycles. The molecule has 2 aromatic carbocycles. The monoisotopic (exact) mass is 383 g/mol. The number of para-hydroxylation sites is 2. The maximum Gasteiger partial charge on any atom is 0.269 e. The summed E-state index contributed by atoms with van der Waals surface area (Å²) in [5.74, 6) is 0.522. The van der Waals surface area contributed by atoms with Crippen LogP contribution < -0.4 is 0 Å². The number of aromatic nitrogens is 3. The number of benzene rings is 2. The zero-order valence-electron chi connectivity index (χ0n) is 15.9. The molecule has 2 aromatic heterocycles. The summed E-state index contributed by atoms with van der Waals surface area (Å²) in [6, 6.07) is 18.2. The molecule has 0 aliphatic carbocycles. The molecule has 29 heavy (non-hydrogen) atoms. The summed E-state index contributed by atoms with van der Waals surface area (Å²) in [6.45, 7) is 3.91. The number of hydrogen-bond donors (Lipinski definition) is 1. The van der Waals surface area contributed by atoms with E-state index in [2.05, 4.69) is 16.0 Å². The summed E-state index contributed by atoms with van der Waals surface area (Å²) in [4.78, 5) is 18.2. The number of fused-ring (bicyclic) bond motifs is 1. The molecule has 142 valence electrons. The highest BCUT2D eigenvalue weighted by Crippen LogP contribution is 2.26. The molecule has 0 saturated carbocycles. The van der Waals surface area contributed by atoms with Gasteiger partial charge in [-0.05, 0) is 55.8 Å². The number of H-pyrrole nitrogens is 1. The number of nitriles is 1. The van der Waals surface area contributed by atoms with Crippen LogP contribution in [0.1, 0.15) is 22.8 Å². The number of nitro groups is 1. The standard InChI is InChI=1S/C22H17N5O2/c1-14-11-16(15(2)26(14)18-7-9-19(10-8-18)27(28)29)12-17(13-23)22-24-20-5-3-4-6-21(20)25-22/h3-12H,1-2H3,(H,24,25)/b17-12+. The predicted molar refractivity (Wildman–Crippen MR) is 111 cm³/mol. The van der Waals surface area contributed by atoms with Crippen LogP contribution in [0.5, 0.6) is 0 Å². The van der Waals surface area contributed by atoms with Gasteiger partial charge in [-0.15, -0.1) is 0 Å². The van der Waals surface area contributed by atoms with E-state index in [9.17, 15) is 15.4 Å². The molecule has 0 radical (unpaired) electrons. The van der Waals surface area contributed by atoms with Crippen LogP contribution >= 0.6 is 0 Å². The van der Waals surface area contributed by atoms with Crippen molar-refractivity contribution in [1.82, 2.24) is 14.5 Å². The molecule has 0 bridgehead atoms. The average molecular weight is 383 g/mol. The molecule has 0 aliphatic rings. The minimum atomic E-state index is -0.417. The Hall–Kier alpha value is -4.18. The summed E-state index contributed by atoms with van der Waals surface area (Å²) >= 11 is 0. The van der Waals surface area contributed by atoms with Crippen molar-refractivity contribution in [1.29, 1.82) is 5.26 Å². The van der Waals surface area contributed by atoms with Crippen LogP contribution in [-0.2, 0) is 0 Å². The molecule has 2 heterocycles. The van der Waals surface area contributed by atoms with Gasteiger partial charge in [-0.3, -0.25) is 10.1 Å². The Morgan fingerprint density at radius 1 is 1.21 bits per heavy atom. The van der Waals surface area contributed by atoms with Crippen LogP contribution in [0.15, 0.2) is 54.6 Å². The Morgan fingerprint density at radius 2 is 1.93 bits per heavy atom. The maximum absolute atomic E-state index is 10.9. The van der Waals surface area contributed by atoms with Crippen LogP contribution in [0.2, 0.25) is 0 Å². The number of imidazole rings is 1. The summed E-state index contributed by atoms with van der Waals surface area (Å²) in [5, 5.41) is 20.6. The number of rotatable bonds is 4. The van der Waals surface area contributed by atoms with Gasteiger partial charge in [0.1, 0.15) is 11.9 Å². The first-order valence-corrected chi connectivity index (χ1v) is 8.98. The van der Waals surface area contributed by atoms with E-state index in [0.29, 0.717) is 11.4 Å². The second kappa shape index (κ2) is 7.09. The smallest absolute Gasteiger partial charge is 0.269 e. The Bertz CT molecular complexity index is 1270. The number of aryl methyl sites for hydroxylation is 1. The van der Waals surface area contributed by atoms with Gasteiger partial charge < -0.3 is 9.55 Å². The quantitative estimate of drug-likeness (QED) is 0.306. The van der Waals surface area contributed by atoms with Gasteiger partial charge in [0.2, 0.25) is 0 Å². The first-order valence-electron chi connectivity index (χ1n) is 8.98. The van der Waals surface area contributed by atoms with E-state index in [4.69, 9.17) is 0 Å². The van der Waals surface area contributed by atoms with Gasteiger partial charge in [-0.1, -0.05) is 12.1 Å². The van der Waals surface area contributed by atoms with Crippen LogP contribution in [0.25, 0.3) is 28.4 Å². The Kier molecular flexibility index (Phi) is 4.45. The normalized spacial score (nSPS) is 11.6. The summed E-state index contributed by atoms with van der Waals surface area (Å²) in [6.07, 6.45) is 1.81. The molecular weight excluding hydrogens is 366 g/mol. The molecular formula is C22H17N5O2. The van der Waals surface area contributed by atoms with Crippen LogP contribution in [-0.4, -0.2) is 19.5 Å². The fraction of sp³-hybridized carbons (Fsp3) is 0.0909. The molecule has 4 aromatic rings. The molecule has 1 N–H and O–H groups in total. The van der Waals surface area contributed by atoms with Crippen LogP contribution in [0.4, 0.5) is 5.69 Å². The number of nitrogens with zero attached hydrogens (tertiary/aromatic N) is 4. The highest BCUT2D eigenvalue weighted by molar-refractivity contribution is 5.90. The van der Waals surface area contributed by atoms with Gasteiger partial charge in [0.25, 0.3) is 5.69 Å². The predicted octanol–water partition coefficient (Wildman–Crippen LogP) is 4.94. The summed E-state index contributed by atoms with van der Waals surface area (Å²) in [5.41, 5.74) is 5.77. The molecule has 0 spiro atoms. The lowest BCUT2D eigenvalue weighted by molar-refractivity contribution is -0.384. The van der Waals surface area contributed by atoms with Crippen molar-refractivity contribution in [3.05, 3.63) is 87.5 Å². The van der Waals surface area contributed by atoms with Crippen molar-refractivity contribution in [3.8, 4) is 11.8 Å². The van der Waals surface area contributed by atoms with Gasteiger partial charge in [0, 0.05) is 29.2 Å². The number of allylic oxidation sites excluding steroid dienone is 1. The third kappa shape index (κ3) is 3.28. The summed E-state index contributed by atoms with van der Waals surface area (Å²) < 4.78 is 2.00. The van der Waals surface area contributed by atoms with E-state index < -0.39 is 4.92 Å². The van der Waals surface area contributed by atoms with E-state index in [0.717, 1.165) is 33.7 Å². The lowest BCUT2D eigenvalue weighted by Gasteiger charge is -2.09. The molecule has 7 heteroatoms. The van der Waals surface area contributed by atoms with Gasteiger partial charge >= 0.3 is 0 Å². The average Bonchev–Trinajstić information content (AvgIpc) is 3.26. The van der Waals surface area contributed by atoms with Gasteiger partial charge in [-0.25, -0.2) is 4.98 Å². The Balaban J connectivity index is 1.76. The fourth-order valence-electron chi connectivity index (χ4n) is 3.44. The lowest BCUT2D eigenvalue weighted by Crippen LogP contribution is -1.99. The van der Waals surface area contributed by atoms with E-state index in [1.807, 2.05) is 54.8 Å². The van der Waals surface area contributed by atoms with E-state index >= 15 is 0 Å². The van der Waals surface area contributed by atoms with Crippen LogP contribution in [0.3, 0.4) is 0 Å². The van der Waals surface area contributed by atoms with Crippen molar-refractivity contribution in [2.75, 3.05) is 0 Å². The molecule has 4 rings (SSSR count). The Labute approximate surface area is 166 Å². The Morgan fingerprint density at radius 3 is 2.59 bits per heavy atom. The molecule has 0 saturated heterocycles. The minimum absolute atomic E-state index is 0.0491. The van der Waals surface area contributed by atoms with Crippen molar-refractivity contribution in [2.24, 2.45) is 0 Å². The van der Waals surface area contributed by atoms with E-state index in [-0.39, 0.29) is 5.69 Å². The summed E-state index contributed by atoms with van der Waals surface area (Å²) in [7, 11) is 0. The van der Waals surface area contributed by atoms with Crippen molar-refractivity contribution < 1.29 is 4.92 Å². The van der Waals surface area contributed by atoms with Crippen LogP contribution in [0, 0.1) is 35.3 Å². The molecule has 0 fully saturated rings. The van der Waals surface area contributed by atoms with Gasteiger partial charge in [0.15, 0.2) is 0 Å². The topological polar surface area (TPSA) is 101 Å². The third-order valence-corrected chi connectivity index (χ3v) is 4.85. The van der Waals surface area contributed by atoms with Crippen molar-refractivity contribution in [2.45, 2.75) is 13.8 Å². The lowest BCUT2D eigenvalue weighted by atomic mass is 10.1. The first-order chi connectivity index (χ1) is 14.0. The number of non-ortho nitro benzene ring substituents is 1. The zero-order chi connectivity index (χ0) is 20.5. The fourth-order valence-corrected chi connectivity index (χ4v) is 3.44. The number of hydrogen-bond acceptors (Lipinski definition) is 4. The second-order valence-corrected chi connectivity index (χ2v) is 6.71. The highest BCUT2D eigenvalue weighted by Gasteiger charge is 2.14. The maximum atomic E-state index is 10.9. The number of aromatic amines is 1. The van der Waals surface area contributed by atoms with Crippen molar-refractivity contribution >= 4 is 28.4 Å². The van der Waals surface area contributed by atoms with E-state index in [1.54, 1.807) is 12.1 Å². The number of nitrogens with one attached hydrogen (secondary N) is 1. The molecule has 0 unspecified atom stereocenters. The van der Waals surface area contributed by atoms with Gasteiger partial charge in [-0.2, -0.15) is 5.26 Å². The zero-order valence-corrected chi connectivity index (χ0v) is 15.9. The highest BCUT2D eigenvalue weighted by atomic mass is 16.6. The molecule has 7 nitrogen and oxygen atoms in total. The number of nitro benzene ring substituents is 1. The van der Waals surface area contributed by atoms with E-state index in [1.165, 1.54) is 12.1 Å². The van der Waals surface area contributed by atoms with Crippen molar-refractivity contribution in [3.63, 3.8) is 0 Å².